The molecule has 0 atom stereocenters. The predicted molar refractivity (Wildman–Crippen MR) is 79.8 cm³/mol. The van der Waals surface area contributed by atoms with Crippen molar-refractivity contribution in [2.75, 3.05) is 11.3 Å². The van der Waals surface area contributed by atoms with Crippen LogP contribution < -0.4 is 9.46 Å². The molecule has 0 aromatic heterocycles. The fourth-order valence-electron chi connectivity index (χ4n) is 1.60. The Bertz CT molecular complexity index is 768. The molecule has 21 heavy (non-hydrogen) atoms. The van der Waals surface area contributed by atoms with E-state index in [2.05, 4.69) is 4.72 Å². The van der Waals surface area contributed by atoms with Gasteiger partial charge in [-0.05, 0) is 36.4 Å². The second-order valence-electron chi connectivity index (χ2n) is 4.00. The van der Waals surface area contributed by atoms with Crippen molar-refractivity contribution >= 4 is 27.3 Å². The number of rotatable bonds is 5. The molecule has 0 heterocycles. The van der Waals surface area contributed by atoms with Crippen LogP contribution in [0.5, 0.6) is 5.75 Å². The average molecular weight is 323 g/mol. The summed E-state index contributed by atoms with van der Waals surface area (Å²) >= 11 is 5.74. The summed E-state index contributed by atoms with van der Waals surface area (Å²) in [4.78, 5) is 0.0852. The van der Waals surface area contributed by atoms with E-state index in [4.69, 9.17) is 21.6 Å². The molecule has 0 bridgehead atoms. The van der Waals surface area contributed by atoms with Gasteiger partial charge in [0.2, 0.25) is 0 Å². The third-order valence-electron chi connectivity index (χ3n) is 2.55. The normalized spacial score (nSPS) is 10.7. The first-order chi connectivity index (χ1) is 10.0. The Balaban J connectivity index is 2.29. The van der Waals surface area contributed by atoms with E-state index in [-0.39, 0.29) is 22.9 Å². The second kappa shape index (κ2) is 6.48. The van der Waals surface area contributed by atoms with Crippen molar-refractivity contribution in [1.82, 2.24) is 0 Å². The Morgan fingerprint density at radius 1 is 1.14 bits per heavy atom. The van der Waals surface area contributed by atoms with Gasteiger partial charge in [0.25, 0.3) is 10.0 Å². The quantitative estimate of drug-likeness (QED) is 0.917. The zero-order chi connectivity index (χ0) is 15.3. The van der Waals surface area contributed by atoms with Crippen LogP contribution in [0.4, 0.5) is 5.69 Å². The number of para-hydroxylation sites is 2. The molecule has 0 amide bonds. The maximum absolute atomic E-state index is 12.3. The van der Waals surface area contributed by atoms with Gasteiger partial charge in [-0.1, -0.05) is 23.7 Å². The monoisotopic (exact) mass is 322 g/mol. The number of hydrogen-bond acceptors (Lipinski definition) is 4. The zero-order valence-electron chi connectivity index (χ0n) is 10.8. The molecular formula is C14H11ClN2O3S. The third-order valence-corrected chi connectivity index (χ3v) is 4.18. The van der Waals surface area contributed by atoms with Crippen LogP contribution in [0.3, 0.4) is 0 Å². The average Bonchev–Trinajstić information content (AvgIpc) is 2.46. The van der Waals surface area contributed by atoms with E-state index in [1.54, 1.807) is 24.3 Å². The lowest BCUT2D eigenvalue weighted by atomic mass is 10.3. The van der Waals surface area contributed by atoms with Crippen molar-refractivity contribution < 1.29 is 13.2 Å². The van der Waals surface area contributed by atoms with Gasteiger partial charge in [-0.15, -0.1) is 0 Å². The highest BCUT2D eigenvalue weighted by Crippen LogP contribution is 2.26. The van der Waals surface area contributed by atoms with Crippen LogP contribution >= 0.6 is 11.6 Å². The summed E-state index contributed by atoms with van der Waals surface area (Å²) in [5.41, 5.74) is 0.266. The van der Waals surface area contributed by atoms with Crippen LogP contribution in [0, 0.1) is 11.3 Å². The molecule has 0 spiro atoms. The fourth-order valence-corrected chi connectivity index (χ4v) is 2.80. The number of ether oxygens (including phenoxy) is 1. The Labute approximate surface area is 127 Å². The molecule has 1 N–H and O–H groups in total. The molecule has 0 aliphatic carbocycles. The molecule has 0 aliphatic rings. The van der Waals surface area contributed by atoms with E-state index in [9.17, 15) is 8.42 Å². The molecular weight excluding hydrogens is 312 g/mol. The SMILES string of the molecule is N#CCOc1ccccc1NS(=O)(=O)c1ccc(Cl)cc1. The van der Waals surface area contributed by atoms with E-state index in [0.717, 1.165) is 0 Å². The summed E-state index contributed by atoms with van der Waals surface area (Å²) in [5.74, 6) is 0.289. The maximum atomic E-state index is 12.3. The van der Waals surface area contributed by atoms with Crippen molar-refractivity contribution in [3.63, 3.8) is 0 Å². The molecule has 0 aliphatic heterocycles. The lowest BCUT2D eigenvalue weighted by molar-refractivity contribution is 0.370. The highest BCUT2D eigenvalue weighted by atomic mass is 35.5. The Hall–Kier alpha value is -2.23. The Kier molecular flexibility index (Phi) is 4.68. The van der Waals surface area contributed by atoms with Gasteiger partial charge >= 0.3 is 0 Å². The van der Waals surface area contributed by atoms with Crippen molar-refractivity contribution in [2.45, 2.75) is 4.90 Å². The topological polar surface area (TPSA) is 79.2 Å². The van der Waals surface area contributed by atoms with Crippen molar-refractivity contribution in [3.05, 3.63) is 53.6 Å². The van der Waals surface area contributed by atoms with Gasteiger partial charge in [-0.3, -0.25) is 4.72 Å². The number of hydrogen-bond donors (Lipinski definition) is 1. The summed E-state index contributed by atoms with van der Waals surface area (Å²) in [6.45, 7) is -0.167. The van der Waals surface area contributed by atoms with Gasteiger partial charge in [-0.25, -0.2) is 8.42 Å². The molecule has 2 aromatic carbocycles. The molecule has 108 valence electrons. The van der Waals surface area contributed by atoms with E-state index in [1.807, 2.05) is 6.07 Å². The summed E-state index contributed by atoms with van der Waals surface area (Å²) < 4.78 is 32.1. The minimum absolute atomic E-state index is 0.0852. The van der Waals surface area contributed by atoms with E-state index in [0.29, 0.717) is 5.02 Å². The highest BCUT2D eigenvalue weighted by molar-refractivity contribution is 7.92. The van der Waals surface area contributed by atoms with Crippen LogP contribution in [0.15, 0.2) is 53.4 Å². The van der Waals surface area contributed by atoms with Crippen LogP contribution in [-0.4, -0.2) is 15.0 Å². The molecule has 0 unspecified atom stereocenters. The second-order valence-corrected chi connectivity index (χ2v) is 6.12. The predicted octanol–water partition coefficient (Wildman–Crippen LogP) is 3.04. The highest BCUT2D eigenvalue weighted by Gasteiger charge is 2.16. The lowest BCUT2D eigenvalue weighted by Crippen LogP contribution is -2.13. The molecule has 2 rings (SSSR count). The number of benzene rings is 2. The molecule has 2 aromatic rings. The number of anilines is 1. The van der Waals surface area contributed by atoms with Crippen molar-refractivity contribution in [2.24, 2.45) is 0 Å². The minimum Gasteiger partial charge on any atom is -0.477 e. The van der Waals surface area contributed by atoms with Gasteiger partial charge in [0.05, 0.1) is 10.6 Å². The van der Waals surface area contributed by atoms with E-state index < -0.39 is 10.0 Å². The fraction of sp³-hybridized carbons (Fsp3) is 0.0714. The Morgan fingerprint density at radius 2 is 1.81 bits per heavy atom. The number of sulfonamides is 1. The van der Waals surface area contributed by atoms with Crippen LogP contribution in [-0.2, 0) is 10.0 Å². The molecule has 7 heteroatoms. The zero-order valence-corrected chi connectivity index (χ0v) is 12.4. The van der Waals surface area contributed by atoms with Crippen LogP contribution in [0.1, 0.15) is 0 Å². The number of nitrogens with one attached hydrogen (secondary N) is 1. The molecule has 5 nitrogen and oxygen atoms in total. The maximum Gasteiger partial charge on any atom is 0.262 e. The van der Waals surface area contributed by atoms with Crippen molar-refractivity contribution in [1.29, 1.82) is 5.26 Å². The van der Waals surface area contributed by atoms with Crippen LogP contribution in [0.2, 0.25) is 5.02 Å². The molecule has 0 saturated carbocycles. The largest absolute Gasteiger partial charge is 0.477 e. The smallest absolute Gasteiger partial charge is 0.262 e. The first kappa shape index (κ1) is 15.2. The van der Waals surface area contributed by atoms with Gasteiger partial charge < -0.3 is 4.74 Å². The number of nitrogens with zero attached hydrogens (tertiary/aromatic N) is 1. The van der Waals surface area contributed by atoms with Crippen molar-refractivity contribution in [3.8, 4) is 11.8 Å². The van der Waals surface area contributed by atoms with E-state index in [1.165, 1.54) is 24.3 Å². The molecule has 0 radical (unpaired) electrons. The number of nitriles is 1. The van der Waals surface area contributed by atoms with Gasteiger partial charge in [-0.2, -0.15) is 5.26 Å². The number of halogens is 1. The first-order valence-corrected chi connectivity index (χ1v) is 7.76. The summed E-state index contributed by atoms with van der Waals surface area (Å²) in [6.07, 6.45) is 0. The molecule has 0 fully saturated rings. The first-order valence-electron chi connectivity index (χ1n) is 5.90. The van der Waals surface area contributed by atoms with Gasteiger partial charge in [0.15, 0.2) is 6.61 Å². The van der Waals surface area contributed by atoms with Crippen LogP contribution in [0.25, 0.3) is 0 Å². The Morgan fingerprint density at radius 3 is 2.48 bits per heavy atom. The summed E-state index contributed by atoms with van der Waals surface area (Å²) in [7, 11) is -3.75. The van der Waals surface area contributed by atoms with Gasteiger partial charge in [0, 0.05) is 5.02 Å². The lowest BCUT2D eigenvalue weighted by Gasteiger charge is -2.12. The minimum atomic E-state index is -3.75. The standard InChI is InChI=1S/C14H11ClN2O3S/c15-11-5-7-12(8-6-11)21(18,19)17-13-3-1-2-4-14(13)20-10-9-16/h1-8,17H,10H2. The third kappa shape index (κ3) is 3.88. The van der Waals surface area contributed by atoms with Gasteiger partial charge in [0.1, 0.15) is 11.8 Å². The molecule has 0 saturated heterocycles. The summed E-state index contributed by atoms with van der Waals surface area (Å²) in [5, 5.41) is 8.98. The summed E-state index contributed by atoms with van der Waals surface area (Å²) in [6, 6.07) is 14.1. The van der Waals surface area contributed by atoms with E-state index >= 15 is 0 Å².